The molecule has 0 bridgehead atoms. The molecule has 0 aliphatic carbocycles. The summed E-state index contributed by atoms with van der Waals surface area (Å²) < 4.78 is 0. The zero-order valence-corrected chi connectivity index (χ0v) is 11.3. The van der Waals surface area contributed by atoms with Crippen LogP contribution in [-0.2, 0) is 5.75 Å². The van der Waals surface area contributed by atoms with Gasteiger partial charge in [-0.1, -0.05) is 35.9 Å². The van der Waals surface area contributed by atoms with Crippen LogP contribution >= 0.6 is 11.8 Å². The zero-order valence-electron chi connectivity index (χ0n) is 10.5. The molecule has 0 radical (unpaired) electrons. The van der Waals surface area contributed by atoms with E-state index < -0.39 is 4.92 Å². The summed E-state index contributed by atoms with van der Waals surface area (Å²) in [7, 11) is 0. The van der Waals surface area contributed by atoms with Crippen LogP contribution in [0.3, 0.4) is 0 Å². The van der Waals surface area contributed by atoms with Crippen LogP contribution in [0.1, 0.15) is 11.1 Å². The van der Waals surface area contributed by atoms with E-state index in [1.54, 1.807) is 18.2 Å². The van der Waals surface area contributed by atoms with E-state index in [1.807, 2.05) is 25.1 Å². The predicted molar refractivity (Wildman–Crippen MR) is 78.2 cm³/mol. The van der Waals surface area contributed by atoms with Crippen molar-refractivity contribution in [3.05, 3.63) is 63.7 Å². The Kier molecular flexibility index (Phi) is 4.06. The number of nitrogen functional groups attached to an aromatic ring is 1. The van der Waals surface area contributed by atoms with E-state index in [4.69, 9.17) is 5.73 Å². The fourth-order valence-corrected chi connectivity index (χ4v) is 2.82. The SMILES string of the molecule is Cc1cccc(CSc2cccc(N)c2[N+](=O)[O-])c1. The third kappa shape index (κ3) is 3.26. The molecular formula is C14H14N2O2S. The van der Waals surface area contributed by atoms with Crippen molar-refractivity contribution in [1.82, 2.24) is 0 Å². The third-order valence-corrected chi connectivity index (χ3v) is 3.81. The Bertz CT molecular complexity index is 614. The van der Waals surface area contributed by atoms with Gasteiger partial charge in [0, 0.05) is 5.75 Å². The van der Waals surface area contributed by atoms with Crippen molar-refractivity contribution in [2.75, 3.05) is 5.73 Å². The van der Waals surface area contributed by atoms with Gasteiger partial charge >= 0.3 is 5.69 Å². The number of rotatable bonds is 4. The van der Waals surface area contributed by atoms with Gasteiger partial charge in [-0.3, -0.25) is 10.1 Å². The maximum Gasteiger partial charge on any atom is 0.305 e. The molecule has 0 amide bonds. The largest absolute Gasteiger partial charge is 0.393 e. The molecule has 2 aromatic rings. The number of thioether (sulfide) groups is 1. The minimum atomic E-state index is -0.423. The second-order valence-corrected chi connectivity index (χ2v) is 5.25. The van der Waals surface area contributed by atoms with E-state index in [0.29, 0.717) is 10.6 Å². The summed E-state index contributed by atoms with van der Waals surface area (Å²) in [5, 5.41) is 11.0. The van der Waals surface area contributed by atoms with E-state index >= 15 is 0 Å². The van der Waals surface area contributed by atoms with Gasteiger partial charge in [-0.2, -0.15) is 0 Å². The van der Waals surface area contributed by atoms with Crippen LogP contribution in [0.2, 0.25) is 0 Å². The first-order chi connectivity index (χ1) is 9.08. The molecule has 19 heavy (non-hydrogen) atoms. The molecule has 0 aromatic heterocycles. The Morgan fingerprint density at radius 3 is 2.68 bits per heavy atom. The monoisotopic (exact) mass is 274 g/mol. The van der Waals surface area contributed by atoms with E-state index in [9.17, 15) is 10.1 Å². The number of anilines is 1. The molecule has 5 heteroatoms. The Labute approximate surface area is 115 Å². The van der Waals surface area contributed by atoms with Crippen molar-refractivity contribution in [3.63, 3.8) is 0 Å². The molecule has 0 unspecified atom stereocenters. The highest BCUT2D eigenvalue weighted by atomic mass is 32.2. The molecule has 0 spiro atoms. The molecule has 0 fully saturated rings. The summed E-state index contributed by atoms with van der Waals surface area (Å²) in [6.45, 7) is 2.02. The van der Waals surface area contributed by atoms with Gasteiger partial charge in [0.25, 0.3) is 0 Å². The molecule has 0 aliphatic rings. The molecule has 0 heterocycles. The molecule has 2 aromatic carbocycles. The van der Waals surface area contributed by atoms with Crippen molar-refractivity contribution in [2.24, 2.45) is 0 Å². The number of hydrogen-bond donors (Lipinski definition) is 1. The predicted octanol–water partition coefficient (Wildman–Crippen LogP) is 3.78. The summed E-state index contributed by atoms with van der Waals surface area (Å²) >= 11 is 1.43. The number of nitro groups is 1. The lowest BCUT2D eigenvalue weighted by atomic mass is 10.2. The van der Waals surface area contributed by atoms with Gasteiger partial charge in [-0.15, -0.1) is 11.8 Å². The molecule has 4 nitrogen and oxygen atoms in total. The third-order valence-electron chi connectivity index (χ3n) is 2.69. The van der Waals surface area contributed by atoms with E-state index in [2.05, 4.69) is 6.07 Å². The number of nitro benzene ring substituents is 1. The maximum absolute atomic E-state index is 11.0. The Hall–Kier alpha value is -2.01. The van der Waals surface area contributed by atoms with Gasteiger partial charge in [0.15, 0.2) is 0 Å². The van der Waals surface area contributed by atoms with Gasteiger partial charge in [-0.25, -0.2) is 0 Å². The van der Waals surface area contributed by atoms with Crippen LogP contribution < -0.4 is 5.73 Å². The molecule has 0 saturated carbocycles. The number of benzene rings is 2. The van der Waals surface area contributed by atoms with Crippen molar-refractivity contribution < 1.29 is 4.92 Å². The van der Waals surface area contributed by atoms with Crippen molar-refractivity contribution >= 4 is 23.1 Å². The minimum Gasteiger partial charge on any atom is -0.393 e. The van der Waals surface area contributed by atoms with E-state index in [1.165, 1.54) is 17.3 Å². The van der Waals surface area contributed by atoms with Crippen LogP contribution in [0.25, 0.3) is 0 Å². The fraction of sp³-hybridized carbons (Fsp3) is 0.143. The van der Waals surface area contributed by atoms with E-state index in [0.717, 1.165) is 5.56 Å². The standard InChI is InChI=1S/C14H14N2O2S/c1-10-4-2-5-11(8-10)9-19-13-7-3-6-12(15)14(13)16(17)18/h2-8H,9,15H2,1H3. The van der Waals surface area contributed by atoms with E-state index in [-0.39, 0.29) is 11.4 Å². The van der Waals surface area contributed by atoms with Crippen molar-refractivity contribution in [3.8, 4) is 0 Å². The smallest absolute Gasteiger partial charge is 0.305 e. The Balaban J connectivity index is 2.20. The highest BCUT2D eigenvalue weighted by Gasteiger charge is 2.17. The lowest BCUT2D eigenvalue weighted by Gasteiger charge is -2.05. The summed E-state index contributed by atoms with van der Waals surface area (Å²) in [6.07, 6.45) is 0. The Morgan fingerprint density at radius 1 is 1.26 bits per heavy atom. The molecular weight excluding hydrogens is 260 g/mol. The molecule has 98 valence electrons. The summed E-state index contributed by atoms with van der Waals surface area (Å²) in [6, 6.07) is 13.1. The summed E-state index contributed by atoms with van der Waals surface area (Å²) in [5.41, 5.74) is 8.19. The van der Waals surface area contributed by atoms with Gasteiger partial charge in [0.2, 0.25) is 0 Å². The molecule has 2 N–H and O–H groups in total. The van der Waals surface area contributed by atoms with Gasteiger partial charge < -0.3 is 5.73 Å². The highest BCUT2D eigenvalue weighted by Crippen LogP contribution is 2.35. The second kappa shape index (κ2) is 5.75. The second-order valence-electron chi connectivity index (χ2n) is 4.23. The zero-order chi connectivity index (χ0) is 13.8. The normalized spacial score (nSPS) is 10.4. The number of para-hydroxylation sites is 1. The van der Waals surface area contributed by atoms with Gasteiger partial charge in [-0.05, 0) is 24.6 Å². The molecule has 2 rings (SSSR count). The number of nitrogens with zero attached hydrogens (tertiary/aromatic N) is 1. The van der Waals surface area contributed by atoms with Crippen molar-refractivity contribution in [2.45, 2.75) is 17.6 Å². The van der Waals surface area contributed by atoms with Crippen LogP contribution in [0, 0.1) is 17.0 Å². The summed E-state index contributed by atoms with van der Waals surface area (Å²) in [4.78, 5) is 11.2. The Morgan fingerprint density at radius 2 is 2.00 bits per heavy atom. The lowest BCUT2D eigenvalue weighted by molar-refractivity contribution is -0.386. The molecule has 0 atom stereocenters. The number of aryl methyl sites for hydroxylation is 1. The van der Waals surface area contributed by atoms with Crippen LogP contribution in [-0.4, -0.2) is 4.92 Å². The minimum absolute atomic E-state index is 0.000142. The van der Waals surface area contributed by atoms with Crippen LogP contribution in [0.4, 0.5) is 11.4 Å². The topological polar surface area (TPSA) is 69.2 Å². The average Bonchev–Trinajstić information content (AvgIpc) is 2.36. The molecule has 0 saturated heterocycles. The first-order valence-electron chi connectivity index (χ1n) is 5.79. The van der Waals surface area contributed by atoms with Crippen LogP contribution in [0.15, 0.2) is 47.4 Å². The average molecular weight is 274 g/mol. The number of nitrogens with two attached hydrogens (primary N) is 1. The van der Waals surface area contributed by atoms with Crippen LogP contribution in [0.5, 0.6) is 0 Å². The van der Waals surface area contributed by atoms with Crippen molar-refractivity contribution in [1.29, 1.82) is 0 Å². The first kappa shape index (κ1) is 13.4. The molecule has 0 aliphatic heterocycles. The van der Waals surface area contributed by atoms with Gasteiger partial charge in [0.1, 0.15) is 5.69 Å². The maximum atomic E-state index is 11.0. The lowest BCUT2D eigenvalue weighted by Crippen LogP contribution is -1.97. The summed E-state index contributed by atoms with van der Waals surface area (Å²) in [5.74, 6) is 0.686. The number of hydrogen-bond acceptors (Lipinski definition) is 4. The first-order valence-corrected chi connectivity index (χ1v) is 6.77. The van der Waals surface area contributed by atoms with Gasteiger partial charge in [0.05, 0.1) is 9.82 Å². The quantitative estimate of drug-likeness (QED) is 0.399. The fourth-order valence-electron chi connectivity index (χ4n) is 1.81. The highest BCUT2D eigenvalue weighted by molar-refractivity contribution is 7.98.